The molecule has 1 fully saturated rings. The summed E-state index contributed by atoms with van der Waals surface area (Å²) in [4.78, 5) is 0. The van der Waals surface area contributed by atoms with Gasteiger partial charge in [-0.25, -0.2) is 0 Å². The topological polar surface area (TPSA) is 0 Å². The quantitative estimate of drug-likeness (QED) is 0.698. The second kappa shape index (κ2) is 5.75. The van der Waals surface area contributed by atoms with Crippen molar-refractivity contribution >= 4 is 8.07 Å². The third-order valence-corrected chi connectivity index (χ3v) is 9.65. The zero-order valence-electron chi connectivity index (χ0n) is 11.5. The van der Waals surface area contributed by atoms with Crippen LogP contribution >= 0.6 is 0 Å². The summed E-state index contributed by atoms with van der Waals surface area (Å²) in [6, 6.07) is 28.1. The van der Waals surface area contributed by atoms with Crippen molar-refractivity contribution in [3.63, 3.8) is 0 Å². The molecule has 0 spiro atoms. The Morgan fingerprint density at radius 2 is 1.05 bits per heavy atom. The molecule has 0 bridgehead atoms. The van der Waals surface area contributed by atoms with E-state index in [1.165, 1.54) is 37.0 Å². The van der Waals surface area contributed by atoms with Crippen LogP contribution in [-0.2, 0) is 12.1 Å². The van der Waals surface area contributed by atoms with Crippen LogP contribution in [0.4, 0.5) is 0 Å². The molecule has 0 aromatic heterocycles. The lowest BCUT2D eigenvalue weighted by molar-refractivity contribution is 0.935. The number of benzene rings is 2. The van der Waals surface area contributed by atoms with Crippen LogP contribution in [0.2, 0.25) is 12.1 Å². The highest BCUT2D eigenvalue weighted by molar-refractivity contribution is 6.79. The van der Waals surface area contributed by atoms with E-state index >= 15 is 0 Å². The van der Waals surface area contributed by atoms with E-state index < -0.39 is 8.07 Å². The highest BCUT2D eigenvalue weighted by atomic mass is 28.3. The first-order valence-corrected chi connectivity index (χ1v) is 10.3. The Hall–Kier alpha value is -1.34. The van der Waals surface area contributed by atoms with Gasteiger partial charge in [-0.1, -0.05) is 96.7 Å². The summed E-state index contributed by atoms with van der Waals surface area (Å²) in [6.45, 7) is 0. The van der Waals surface area contributed by atoms with E-state index in [4.69, 9.17) is 0 Å². The molecule has 19 heavy (non-hydrogen) atoms. The van der Waals surface area contributed by atoms with Gasteiger partial charge >= 0.3 is 0 Å². The average molecular weight is 266 g/mol. The third-order valence-electron chi connectivity index (χ3n) is 4.51. The Morgan fingerprint density at radius 1 is 0.632 bits per heavy atom. The maximum absolute atomic E-state index is 2.32. The van der Waals surface area contributed by atoms with Gasteiger partial charge in [0.1, 0.15) is 0 Å². The molecule has 0 saturated carbocycles. The normalized spacial score (nSPS) is 17.5. The summed E-state index contributed by atoms with van der Waals surface area (Å²) in [5.41, 5.74) is 3.12. The van der Waals surface area contributed by atoms with Crippen LogP contribution in [0.15, 0.2) is 60.7 Å². The van der Waals surface area contributed by atoms with Crippen LogP contribution in [-0.4, -0.2) is 8.07 Å². The second-order valence-electron chi connectivity index (χ2n) is 6.03. The van der Waals surface area contributed by atoms with Crippen molar-refractivity contribution in [1.82, 2.24) is 0 Å². The lowest BCUT2D eigenvalue weighted by Gasteiger charge is -2.27. The van der Waals surface area contributed by atoms with Crippen molar-refractivity contribution in [2.45, 2.75) is 37.0 Å². The summed E-state index contributed by atoms with van der Waals surface area (Å²) < 4.78 is 0. The minimum Gasteiger partial charge on any atom is -0.0622 e. The van der Waals surface area contributed by atoms with Gasteiger partial charge < -0.3 is 0 Å². The van der Waals surface area contributed by atoms with Crippen LogP contribution in [0, 0.1) is 0 Å². The zero-order valence-corrected chi connectivity index (χ0v) is 12.5. The predicted octanol–water partition coefficient (Wildman–Crippen LogP) is 4.79. The molecule has 0 amide bonds. The summed E-state index contributed by atoms with van der Waals surface area (Å²) in [7, 11) is -1.11. The van der Waals surface area contributed by atoms with E-state index in [2.05, 4.69) is 60.7 Å². The maximum atomic E-state index is 2.32. The van der Waals surface area contributed by atoms with Crippen molar-refractivity contribution in [3.8, 4) is 0 Å². The van der Waals surface area contributed by atoms with Crippen LogP contribution in [0.3, 0.4) is 0 Å². The summed E-state index contributed by atoms with van der Waals surface area (Å²) in [5, 5.41) is 0. The molecule has 1 aliphatic rings. The molecule has 0 N–H and O–H groups in total. The van der Waals surface area contributed by atoms with Crippen molar-refractivity contribution in [2.75, 3.05) is 0 Å². The Balaban J connectivity index is 1.79. The molecule has 1 saturated heterocycles. The van der Waals surface area contributed by atoms with Crippen LogP contribution in [0.5, 0.6) is 0 Å². The standard InChI is InChI=1S/C18H22Si/c1-3-9-17(10-4-1)15-19(13-7-8-14-19)16-18-11-5-2-6-12-18/h1-6,9-12H,7-8,13-16H2. The van der Waals surface area contributed by atoms with Gasteiger partial charge in [0.2, 0.25) is 0 Å². The van der Waals surface area contributed by atoms with Crippen molar-refractivity contribution < 1.29 is 0 Å². The minimum atomic E-state index is -1.11. The van der Waals surface area contributed by atoms with E-state index in [0.29, 0.717) is 0 Å². The van der Waals surface area contributed by atoms with Crippen molar-refractivity contribution in [2.24, 2.45) is 0 Å². The van der Waals surface area contributed by atoms with Crippen molar-refractivity contribution in [1.29, 1.82) is 0 Å². The summed E-state index contributed by atoms with van der Waals surface area (Å²) in [6.07, 6.45) is 2.93. The molecule has 1 aliphatic heterocycles. The van der Waals surface area contributed by atoms with Gasteiger partial charge in [0.15, 0.2) is 0 Å². The van der Waals surface area contributed by atoms with Gasteiger partial charge in [-0.3, -0.25) is 0 Å². The Labute approximate surface area is 117 Å². The SMILES string of the molecule is c1ccc(C[Si]2(Cc3ccccc3)CCCC2)cc1. The molecule has 0 atom stereocenters. The van der Waals surface area contributed by atoms with Gasteiger partial charge in [-0.2, -0.15) is 0 Å². The molecular weight excluding hydrogens is 244 g/mol. The Kier molecular flexibility index (Phi) is 3.83. The molecule has 2 aromatic carbocycles. The molecule has 0 unspecified atom stereocenters. The van der Waals surface area contributed by atoms with Gasteiger partial charge in [-0.15, -0.1) is 0 Å². The molecule has 0 nitrogen and oxygen atoms in total. The van der Waals surface area contributed by atoms with Gasteiger partial charge in [-0.05, 0) is 12.1 Å². The molecule has 3 rings (SSSR count). The molecule has 0 radical (unpaired) electrons. The first-order valence-electron chi connectivity index (χ1n) is 7.44. The van der Waals surface area contributed by atoms with Crippen LogP contribution in [0.1, 0.15) is 24.0 Å². The highest BCUT2D eigenvalue weighted by Crippen LogP contribution is 2.35. The van der Waals surface area contributed by atoms with E-state index in [1.807, 2.05) is 0 Å². The number of hydrogen-bond donors (Lipinski definition) is 0. The molecule has 0 aliphatic carbocycles. The summed E-state index contributed by atoms with van der Waals surface area (Å²) >= 11 is 0. The predicted molar refractivity (Wildman–Crippen MR) is 84.9 cm³/mol. The van der Waals surface area contributed by atoms with E-state index in [1.54, 1.807) is 11.1 Å². The Morgan fingerprint density at radius 3 is 1.47 bits per heavy atom. The summed E-state index contributed by atoms with van der Waals surface area (Å²) in [5.74, 6) is 0. The lowest BCUT2D eigenvalue weighted by atomic mass is 10.2. The van der Waals surface area contributed by atoms with Gasteiger partial charge in [0.25, 0.3) is 0 Å². The number of hydrogen-bond acceptors (Lipinski definition) is 0. The van der Waals surface area contributed by atoms with E-state index in [-0.39, 0.29) is 0 Å². The monoisotopic (exact) mass is 266 g/mol. The average Bonchev–Trinajstić information content (AvgIpc) is 2.89. The van der Waals surface area contributed by atoms with E-state index in [9.17, 15) is 0 Å². The fraction of sp³-hybridized carbons (Fsp3) is 0.333. The smallest absolute Gasteiger partial charge is 0.0622 e. The van der Waals surface area contributed by atoms with Crippen LogP contribution < -0.4 is 0 Å². The molecule has 98 valence electrons. The Bertz CT molecular complexity index is 454. The first-order chi connectivity index (χ1) is 9.36. The lowest BCUT2D eigenvalue weighted by Crippen LogP contribution is -2.37. The van der Waals surface area contributed by atoms with Gasteiger partial charge in [0, 0.05) is 0 Å². The molecule has 1 heterocycles. The number of rotatable bonds is 4. The van der Waals surface area contributed by atoms with Gasteiger partial charge in [0.05, 0.1) is 8.07 Å². The molecule has 1 heteroatoms. The van der Waals surface area contributed by atoms with E-state index in [0.717, 1.165) is 0 Å². The highest BCUT2D eigenvalue weighted by Gasteiger charge is 2.36. The van der Waals surface area contributed by atoms with Crippen molar-refractivity contribution in [3.05, 3.63) is 71.8 Å². The second-order valence-corrected chi connectivity index (χ2v) is 10.7. The fourth-order valence-electron chi connectivity index (χ4n) is 3.60. The zero-order chi connectivity index (χ0) is 13.0. The fourth-order valence-corrected chi connectivity index (χ4v) is 8.88. The molecular formula is C18H22Si. The largest absolute Gasteiger partial charge is 0.0623 e. The maximum Gasteiger partial charge on any atom is 0.0623 e. The third kappa shape index (κ3) is 3.16. The first kappa shape index (κ1) is 12.7. The minimum absolute atomic E-state index is 1.11. The van der Waals surface area contributed by atoms with Crippen LogP contribution in [0.25, 0.3) is 0 Å². The molecule has 2 aromatic rings.